The Kier molecular flexibility index (Phi) is 4.16. The molecule has 2 aliphatic heterocycles. The lowest BCUT2D eigenvalue weighted by Gasteiger charge is -2.39. The van der Waals surface area contributed by atoms with Crippen LogP contribution in [-0.2, 0) is 9.47 Å². The zero-order valence-corrected chi connectivity index (χ0v) is 12.5. The third kappa shape index (κ3) is 2.84. The molecule has 3 rings (SSSR count). The van der Waals surface area contributed by atoms with Crippen molar-refractivity contribution in [2.45, 2.75) is 70.1 Å². The maximum absolute atomic E-state index is 6.03. The monoisotopic (exact) mass is 267 g/mol. The third-order valence-corrected chi connectivity index (χ3v) is 5.76. The van der Waals surface area contributed by atoms with Crippen LogP contribution in [0.3, 0.4) is 0 Å². The van der Waals surface area contributed by atoms with Crippen LogP contribution >= 0.6 is 0 Å². The zero-order valence-electron chi connectivity index (χ0n) is 12.5. The molecule has 3 aliphatic rings. The highest BCUT2D eigenvalue weighted by atomic mass is 16.6. The van der Waals surface area contributed by atoms with Crippen LogP contribution in [-0.4, -0.2) is 37.5 Å². The smallest absolute Gasteiger partial charge is 0.0951 e. The average Bonchev–Trinajstić information content (AvgIpc) is 2.99. The first-order valence-corrected chi connectivity index (χ1v) is 8.20. The highest BCUT2D eigenvalue weighted by molar-refractivity contribution is 4.95. The quantitative estimate of drug-likeness (QED) is 0.853. The maximum atomic E-state index is 6.03. The van der Waals surface area contributed by atoms with Crippen molar-refractivity contribution in [1.29, 1.82) is 0 Å². The fourth-order valence-electron chi connectivity index (χ4n) is 4.40. The van der Waals surface area contributed by atoms with E-state index in [2.05, 4.69) is 19.2 Å². The first kappa shape index (κ1) is 13.8. The number of nitrogens with one attached hydrogen (secondary N) is 1. The van der Waals surface area contributed by atoms with Gasteiger partial charge in [-0.3, -0.25) is 0 Å². The average molecular weight is 267 g/mol. The van der Waals surface area contributed by atoms with Crippen LogP contribution in [0.2, 0.25) is 0 Å². The van der Waals surface area contributed by atoms with Gasteiger partial charge in [-0.25, -0.2) is 0 Å². The zero-order chi connectivity index (χ0) is 13.3. The van der Waals surface area contributed by atoms with E-state index in [-0.39, 0.29) is 5.60 Å². The van der Waals surface area contributed by atoms with Gasteiger partial charge in [0.05, 0.1) is 12.2 Å². The van der Waals surface area contributed by atoms with Gasteiger partial charge < -0.3 is 14.8 Å². The van der Waals surface area contributed by atoms with Crippen molar-refractivity contribution in [2.24, 2.45) is 11.8 Å². The summed E-state index contributed by atoms with van der Waals surface area (Å²) in [5.41, 5.74) is 0.0436. The first-order chi connectivity index (χ1) is 9.22. The summed E-state index contributed by atoms with van der Waals surface area (Å²) in [6, 6.07) is 1.37. The summed E-state index contributed by atoms with van der Waals surface area (Å²) in [4.78, 5) is 0. The van der Waals surface area contributed by atoms with Gasteiger partial charge in [0.15, 0.2) is 0 Å². The van der Waals surface area contributed by atoms with Crippen LogP contribution in [0.1, 0.15) is 52.4 Å². The van der Waals surface area contributed by atoms with E-state index >= 15 is 0 Å². The molecule has 0 aromatic heterocycles. The molecule has 5 unspecified atom stereocenters. The van der Waals surface area contributed by atoms with Gasteiger partial charge in [0.25, 0.3) is 0 Å². The molecule has 0 amide bonds. The molecule has 2 heterocycles. The van der Waals surface area contributed by atoms with E-state index in [1.165, 1.54) is 25.7 Å². The minimum atomic E-state index is 0.0436. The molecule has 0 bridgehead atoms. The number of hydrogen-bond donors (Lipinski definition) is 1. The molecular weight excluding hydrogens is 238 g/mol. The maximum Gasteiger partial charge on any atom is 0.0951 e. The second-order valence-corrected chi connectivity index (χ2v) is 6.90. The van der Waals surface area contributed by atoms with Crippen LogP contribution in [0.25, 0.3) is 0 Å². The van der Waals surface area contributed by atoms with Crippen LogP contribution in [0, 0.1) is 11.8 Å². The van der Waals surface area contributed by atoms with E-state index < -0.39 is 0 Å². The van der Waals surface area contributed by atoms with E-state index in [0.29, 0.717) is 6.04 Å². The van der Waals surface area contributed by atoms with Gasteiger partial charge in [0.2, 0.25) is 0 Å². The van der Waals surface area contributed by atoms with E-state index in [1.54, 1.807) is 0 Å². The van der Waals surface area contributed by atoms with Gasteiger partial charge in [0.1, 0.15) is 0 Å². The fraction of sp³-hybridized carbons (Fsp3) is 1.00. The molecule has 1 N–H and O–H groups in total. The molecule has 3 fully saturated rings. The van der Waals surface area contributed by atoms with Gasteiger partial charge in [-0.15, -0.1) is 0 Å². The van der Waals surface area contributed by atoms with Crippen molar-refractivity contribution in [2.75, 3.05) is 19.8 Å². The molecule has 0 radical (unpaired) electrons. The highest BCUT2D eigenvalue weighted by Crippen LogP contribution is 2.37. The molecule has 5 atom stereocenters. The van der Waals surface area contributed by atoms with Crippen molar-refractivity contribution >= 4 is 0 Å². The molecule has 0 aromatic carbocycles. The summed E-state index contributed by atoms with van der Waals surface area (Å²) in [6.07, 6.45) is 7.51. The lowest BCUT2D eigenvalue weighted by molar-refractivity contribution is -0.0907. The Bertz CT molecular complexity index is 301. The van der Waals surface area contributed by atoms with Gasteiger partial charge in [-0.05, 0) is 37.5 Å². The molecule has 3 nitrogen and oxygen atoms in total. The van der Waals surface area contributed by atoms with Crippen LogP contribution in [0.15, 0.2) is 0 Å². The molecule has 2 saturated heterocycles. The predicted molar refractivity (Wildman–Crippen MR) is 76.2 cm³/mol. The van der Waals surface area contributed by atoms with E-state index in [0.717, 1.165) is 50.5 Å². The summed E-state index contributed by atoms with van der Waals surface area (Å²) < 4.78 is 11.6. The molecule has 19 heavy (non-hydrogen) atoms. The Hall–Kier alpha value is -0.120. The molecule has 3 heteroatoms. The first-order valence-electron chi connectivity index (χ1n) is 8.20. The summed E-state index contributed by atoms with van der Waals surface area (Å²) in [5, 5.41) is 3.95. The van der Waals surface area contributed by atoms with Gasteiger partial charge >= 0.3 is 0 Å². The second kappa shape index (κ2) is 5.71. The molecule has 1 aliphatic carbocycles. The summed E-state index contributed by atoms with van der Waals surface area (Å²) in [5.74, 6) is 1.77. The minimum Gasteiger partial charge on any atom is -0.378 e. The second-order valence-electron chi connectivity index (χ2n) is 6.90. The molecule has 1 spiro atoms. The topological polar surface area (TPSA) is 30.5 Å². The van der Waals surface area contributed by atoms with Gasteiger partial charge in [0, 0.05) is 31.7 Å². The SMILES string of the molecule is CCC1CCC(NC2CCOC3(CCOC3)C2)C1C. The third-order valence-electron chi connectivity index (χ3n) is 5.76. The normalized spacial score (nSPS) is 47.1. The molecule has 0 aromatic rings. The number of rotatable bonds is 3. The highest BCUT2D eigenvalue weighted by Gasteiger charge is 2.42. The molecule has 1 saturated carbocycles. The molecule has 110 valence electrons. The number of ether oxygens (including phenoxy) is 2. The lowest BCUT2D eigenvalue weighted by Crippen LogP contribution is -2.50. The van der Waals surface area contributed by atoms with Gasteiger partial charge in [-0.1, -0.05) is 20.3 Å². The minimum absolute atomic E-state index is 0.0436. The van der Waals surface area contributed by atoms with Crippen LogP contribution in [0.5, 0.6) is 0 Å². The van der Waals surface area contributed by atoms with Crippen molar-refractivity contribution in [3.63, 3.8) is 0 Å². The Balaban J connectivity index is 1.55. The summed E-state index contributed by atoms with van der Waals surface area (Å²) in [6.45, 7) is 7.36. The largest absolute Gasteiger partial charge is 0.378 e. The van der Waals surface area contributed by atoms with Gasteiger partial charge in [-0.2, -0.15) is 0 Å². The lowest BCUT2D eigenvalue weighted by atomic mass is 9.88. The summed E-state index contributed by atoms with van der Waals surface area (Å²) in [7, 11) is 0. The Morgan fingerprint density at radius 1 is 1.21 bits per heavy atom. The fourth-order valence-corrected chi connectivity index (χ4v) is 4.40. The van der Waals surface area contributed by atoms with Crippen LogP contribution in [0.4, 0.5) is 0 Å². The van der Waals surface area contributed by atoms with Crippen molar-refractivity contribution in [1.82, 2.24) is 5.32 Å². The summed E-state index contributed by atoms with van der Waals surface area (Å²) >= 11 is 0. The Morgan fingerprint density at radius 2 is 2.11 bits per heavy atom. The van der Waals surface area contributed by atoms with E-state index in [4.69, 9.17) is 9.47 Å². The van der Waals surface area contributed by atoms with Crippen molar-refractivity contribution in [3.05, 3.63) is 0 Å². The number of hydrogen-bond acceptors (Lipinski definition) is 3. The van der Waals surface area contributed by atoms with E-state index in [9.17, 15) is 0 Å². The standard InChI is InChI=1S/C16H29NO2/c1-3-13-4-5-15(12(13)2)17-14-6-8-19-16(10-14)7-9-18-11-16/h12-15,17H,3-11H2,1-2H3. The van der Waals surface area contributed by atoms with E-state index in [1.807, 2.05) is 0 Å². The molecular formula is C16H29NO2. The van der Waals surface area contributed by atoms with Crippen molar-refractivity contribution < 1.29 is 9.47 Å². The predicted octanol–water partition coefficient (Wildman–Crippen LogP) is 2.74. The Morgan fingerprint density at radius 3 is 2.79 bits per heavy atom. The van der Waals surface area contributed by atoms with Crippen LogP contribution < -0.4 is 5.32 Å². The van der Waals surface area contributed by atoms with Crippen molar-refractivity contribution in [3.8, 4) is 0 Å². The Labute approximate surface area is 117 Å².